The lowest BCUT2D eigenvalue weighted by molar-refractivity contribution is -0.138. The predicted octanol–water partition coefficient (Wildman–Crippen LogP) is 0.156. The molecule has 1 aromatic rings. The summed E-state index contributed by atoms with van der Waals surface area (Å²) in [6.07, 6.45) is 1.28. The number of carbonyl (C=O) groups excluding carboxylic acids is 1. The quantitative estimate of drug-likeness (QED) is 0.702. The van der Waals surface area contributed by atoms with Crippen LogP contribution in [-0.4, -0.2) is 22.1 Å². The van der Waals surface area contributed by atoms with Crippen molar-refractivity contribution in [2.75, 3.05) is 0 Å². The topological polar surface area (TPSA) is 92.4 Å². The first-order valence-corrected chi connectivity index (χ1v) is 4.06. The van der Waals surface area contributed by atoms with Crippen LogP contribution < -0.4 is 5.32 Å². The average Bonchev–Trinajstić information content (AvgIpc) is 2.63. The second-order valence-corrected chi connectivity index (χ2v) is 2.65. The maximum absolute atomic E-state index is 11.0. The third-order valence-corrected chi connectivity index (χ3v) is 1.52. The molecule has 0 aliphatic heterocycles. The van der Waals surface area contributed by atoms with E-state index >= 15 is 0 Å². The van der Waals surface area contributed by atoms with E-state index in [0.717, 1.165) is 0 Å². The molecule has 14 heavy (non-hydrogen) atoms. The van der Waals surface area contributed by atoms with Crippen molar-refractivity contribution >= 4 is 11.9 Å². The zero-order valence-electron chi connectivity index (χ0n) is 7.40. The number of carboxylic acids is 1. The highest BCUT2D eigenvalue weighted by Crippen LogP contribution is 1.96. The summed E-state index contributed by atoms with van der Waals surface area (Å²) in [6.45, 7) is 0.235. The van der Waals surface area contributed by atoms with Gasteiger partial charge >= 0.3 is 5.97 Å². The summed E-state index contributed by atoms with van der Waals surface area (Å²) in [5.41, 5.74) is 0. The van der Waals surface area contributed by atoms with Crippen LogP contribution in [0.5, 0.6) is 0 Å². The molecule has 0 aliphatic carbocycles. The van der Waals surface area contributed by atoms with Crippen LogP contribution in [0.4, 0.5) is 0 Å². The van der Waals surface area contributed by atoms with Gasteiger partial charge in [-0.25, -0.2) is 0 Å². The zero-order chi connectivity index (χ0) is 10.4. The van der Waals surface area contributed by atoms with Gasteiger partial charge in [-0.2, -0.15) is 0 Å². The van der Waals surface area contributed by atoms with Gasteiger partial charge in [-0.1, -0.05) is 5.16 Å². The van der Waals surface area contributed by atoms with Gasteiger partial charge in [0.25, 0.3) is 0 Å². The van der Waals surface area contributed by atoms with Crippen LogP contribution in [0.25, 0.3) is 0 Å². The summed E-state index contributed by atoms with van der Waals surface area (Å²) in [5, 5.41) is 14.3. The Morgan fingerprint density at radius 1 is 1.50 bits per heavy atom. The molecule has 1 heterocycles. The Hall–Kier alpha value is -1.85. The van der Waals surface area contributed by atoms with Gasteiger partial charge in [0, 0.05) is 12.5 Å². The molecule has 6 heteroatoms. The normalized spacial score (nSPS) is 9.71. The molecule has 0 aromatic carbocycles. The van der Waals surface area contributed by atoms with Gasteiger partial charge in [-0.15, -0.1) is 0 Å². The minimum absolute atomic E-state index is 0.0243. The number of rotatable bonds is 5. The fourth-order valence-corrected chi connectivity index (χ4v) is 0.828. The maximum atomic E-state index is 11.0. The van der Waals surface area contributed by atoms with Crippen molar-refractivity contribution in [2.45, 2.75) is 19.4 Å². The smallest absolute Gasteiger partial charge is 0.303 e. The van der Waals surface area contributed by atoms with Crippen LogP contribution in [0.15, 0.2) is 16.8 Å². The molecule has 2 N–H and O–H groups in total. The summed E-state index contributed by atoms with van der Waals surface area (Å²) in [4.78, 5) is 21.1. The van der Waals surface area contributed by atoms with Crippen molar-refractivity contribution < 1.29 is 19.2 Å². The number of carboxylic acid groups (broad SMARTS) is 1. The minimum atomic E-state index is -0.986. The molecule has 0 spiro atoms. The van der Waals surface area contributed by atoms with E-state index in [0.29, 0.717) is 5.76 Å². The van der Waals surface area contributed by atoms with Gasteiger partial charge in [0.1, 0.15) is 0 Å². The third-order valence-electron chi connectivity index (χ3n) is 1.52. The largest absolute Gasteiger partial charge is 0.481 e. The Morgan fingerprint density at radius 2 is 2.29 bits per heavy atom. The summed E-state index contributed by atoms with van der Waals surface area (Å²) < 4.78 is 4.73. The van der Waals surface area contributed by atoms with E-state index in [9.17, 15) is 9.59 Å². The lowest BCUT2D eigenvalue weighted by Crippen LogP contribution is -2.22. The monoisotopic (exact) mass is 198 g/mol. The number of nitrogens with one attached hydrogen (secondary N) is 1. The van der Waals surface area contributed by atoms with Crippen molar-refractivity contribution in [2.24, 2.45) is 0 Å². The second-order valence-electron chi connectivity index (χ2n) is 2.65. The first-order valence-electron chi connectivity index (χ1n) is 4.06. The van der Waals surface area contributed by atoms with Crippen LogP contribution in [0, 0.1) is 0 Å². The molecule has 6 nitrogen and oxygen atoms in total. The molecule has 1 aromatic heterocycles. The fourth-order valence-electron chi connectivity index (χ4n) is 0.828. The van der Waals surface area contributed by atoms with Crippen LogP contribution in [0.3, 0.4) is 0 Å². The van der Waals surface area contributed by atoms with Gasteiger partial charge in [0.15, 0.2) is 5.76 Å². The van der Waals surface area contributed by atoms with E-state index in [1.807, 2.05) is 0 Å². The van der Waals surface area contributed by atoms with Crippen LogP contribution in [0.1, 0.15) is 18.6 Å². The molecule has 0 saturated heterocycles. The van der Waals surface area contributed by atoms with Gasteiger partial charge in [0.05, 0.1) is 19.2 Å². The Kier molecular flexibility index (Phi) is 3.66. The Bertz CT molecular complexity index is 307. The molecular formula is C8H10N2O4. The molecule has 0 atom stereocenters. The number of nitrogens with zero attached hydrogens (tertiary/aromatic N) is 1. The van der Waals surface area contributed by atoms with Gasteiger partial charge < -0.3 is 14.9 Å². The van der Waals surface area contributed by atoms with E-state index < -0.39 is 5.97 Å². The number of amides is 1. The van der Waals surface area contributed by atoms with Crippen LogP contribution in [0.2, 0.25) is 0 Å². The highest BCUT2D eigenvalue weighted by molar-refractivity contribution is 5.80. The Morgan fingerprint density at radius 3 is 2.86 bits per heavy atom. The maximum Gasteiger partial charge on any atom is 0.303 e. The molecular weight excluding hydrogens is 188 g/mol. The molecule has 0 fully saturated rings. The summed E-state index contributed by atoms with van der Waals surface area (Å²) in [7, 11) is 0. The Balaban J connectivity index is 2.18. The van der Waals surface area contributed by atoms with Crippen molar-refractivity contribution in [3.63, 3.8) is 0 Å². The first-order chi connectivity index (χ1) is 6.68. The second kappa shape index (κ2) is 5.00. The number of carbonyl (C=O) groups is 2. The highest BCUT2D eigenvalue weighted by atomic mass is 16.5. The molecule has 76 valence electrons. The summed E-state index contributed by atoms with van der Waals surface area (Å²) >= 11 is 0. The Labute approximate surface area is 79.9 Å². The molecule has 0 bridgehead atoms. The SMILES string of the molecule is O=C(O)CCC(=O)NCc1ccno1. The van der Waals surface area contributed by atoms with Gasteiger partial charge in [-0.3, -0.25) is 9.59 Å². The van der Waals surface area contributed by atoms with Crippen molar-refractivity contribution in [1.29, 1.82) is 0 Å². The zero-order valence-corrected chi connectivity index (χ0v) is 7.40. The minimum Gasteiger partial charge on any atom is -0.481 e. The lowest BCUT2D eigenvalue weighted by atomic mass is 10.3. The van der Waals surface area contributed by atoms with Crippen molar-refractivity contribution in [3.05, 3.63) is 18.0 Å². The van der Waals surface area contributed by atoms with E-state index in [1.54, 1.807) is 6.07 Å². The molecule has 1 rings (SSSR count). The molecule has 1 amide bonds. The molecule has 0 unspecified atom stereocenters. The average molecular weight is 198 g/mol. The number of hydrogen-bond donors (Lipinski definition) is 2. The number of aliphatic carboxylic acids is 1. The number of hydrogen-bond acceptors (Lipinski definition) is 4. The molecule has 0 saturated carbocycles. The first kappa shape index (κ1) is 10.2. The number of aromatic nitrogens is 1. The predicted molar refractivity (Wildman–Crippen MR) is 45.2 cm³/mol. The van der Waals surface area contributed by atoms with E-state index in [2.05, 4.69) is 10.5 Å². The standard InChI is InChI=1S/C8H10N2O4/c11-7(1-2-8(12)13)9-5-6-3-4-10-14-6/h3-4H,1-2,5H2,(H,9,11)(H,12,13). The molecule has 0 aliphatic rings. The summed E-state index contributed by atoms with van der Waals surface area (Å²) in [6, 6.07) is 1.62. The van der Waals surface area contributed by atoms with Crippen LogP contribution in [-0.2, 0) is 16.1 Å². The lowest BCUT2D eigenvalue weighted by Gasteiger charge is -2.00. The van der Waals surface area contributed by atoms with Crippen LogP contribution >= 0.6 is 0 Å². The fraction of sp³-hybridized carbons (Fsp3) is 0.375. The van der Waals surface area contributed by atoms with E-state index in [1.165, 1.54) is 6.20 Å². The van der Waals surface area contributed by atoms with E-state index in [-0.39, 0.29) is 25.3 Å². The van der Waals surface area contributed by atoms with Crippen molar-refractivity contribution in [3.8, 4) is 0 Å². The van der Waals surface area contributed by atoms with E-state index in [4.69, 9.17) is 9.63 Å². The summed E-state index contributed by atoms with van der Waals surface area (Å²) in [5.74, 6) is -0.766. The molecule has 0 radical (unpaired) electrons. The van der Waals surface area contributed by atoms with Gasteiger partial charge in [0.2, 0.25) is 5.91 Å². The highest BCUT2D eigenvalue weighted by Gasteiger charge is 2.05. The van der Waals surface area contributed by atoms with Crippen molar-refractivity contribution in [1.82, 2.24) is 10.5 Å². The third kappa shape index (κ3) is 3.70. The van der Waals surface area contributed by atoms with Gasteiger partial charge in [-0.05, 0) is 0 Å².